The van der Waals surface area contributed by atoms with Crippen molar-refractivity contribution in [1.29, 1.82) is 0 Å². The van der Waals surface area contributed by atoms with Gasteiger partial charge in [-0.15, -0.1) is 16.8 Å². The molecular weight excluding hydrogens is 388 g/mol. The number of benzene rings is 1. The molecule has 1 amide bonds. The number of carbonyl (C=O) groups is 2. The fourth-order valence-corrected chi connectivity index (χ4v) is 4.69. The molecule has 7 nitrogen and oxygen atoms in total. The maximum Gasteiger partial charge on any atom is 0.262 e. The molecule has 152 valence electrons. The Balaban J connectivity index is 1.46. The maximum atomic E-state index is 12.7. The average molecular weight is 413 g/mol. The number of anilines is 1. The van der Waals surface area contributed by atoms with E-state index in [4.69, 9.17) is 4.74 Å². The van der Waals surface area contributed by atoms with Gasteiger partial charge in [0.15, 0.2) is 17.5 Å². The van der Waals surface area contributed by atoms with Gasteiger partial charge < -0.3 is 14.6 Å². The second kappa shape index (κ2) is 8.82. The Labute approximate surface area is 173 Å². The number of allylic oxidation sites excluding steroid dienone is 1. The van der Waals surface area contributed by atoms with Gasteiger partial charge in [-0.1, -0.05) is 37.1 Å². The van der Waals surface area contributed by atoms with E-state index in [2.05, 4.69) is 26.7 Å². The van der Waals surface area contributed by atoms with E-state index in [1.807, 2.05) is 6.08 Å². The molecule has 1 aromatic carbocycles. The van der Waals surface area contributed by atoms with E-state index in [0.717, 1.165) is 23.8 Å². The monoisotopic (exact) mass is 412 g/mol. The van der Waals surface area contributed by atoms with Crippen LogP contribution < -0.4 is 10.1 Å². The molecule has 2 aromatic rings. The molecule has 0 unspecified atom stereocenters. The highest BCUT2D eigenvalue weighted by Gasteiger charge is 2.24. The molecular formula is C21H24N4O3S. The lowest BCUT2D eigenvalue weighted by Gasteiger charge is -2.21. The minimum atomic E-state index is -0.218. The second-order valence-corrected chi connectivity index (χ2v) is 8.28. The summed E-state index contributed by atoms with van der Waals surface area (Å²) in [7, 11) is 0. The smallest absolute Gasteiger partial charge is 0.262 e. The number of thioether (sulfide) groups is 1. The lowest BCUT2D eigenvalue weighted by molar-refractivity contribution is -0.118. The number of ketones is 1. The summed E-state index contributed by atoms with van der Waals surface area (Å²) in [6.45, 7) is 4.49. The van der Waals surface area contributed by atoms with Gasteiger partial charge in [0.25, 0.3) is 5.91 Å². The van der Waals surface area contributed by atoms with Crippen molar-refractivity contribution in [3.63, 3.8) is 0 Å². The van der Waals surface area contributed by atoms with Gasteiger partial charge in [-0.25, -0.2) is 0 Å². The van der Waals surface area contributed by atoms with Gasteiger partial charge >= 0.3 is 0 Å². The molecule has 0 bridgehead atoms. The number of nitrogens with one attached hydrogen (secondary N) is 1. The third-order valence-corrected chi connectivity index (χ3v) is 6.26. The number of hydrogen-bond donors (Lipinski definition) is 1. The van der Waals surface area contributed by atoms with Crippen LogP contribution in [0, 0.1) is 0 Å². The van der Waals surface area contributed by atoms with Gasteiger partial charge in [0.05, 0.1) is 11.4 Å². The fourth-order valence-electron chi connectivity index (χ4n) is 3.84. The zero-order chi connectivity index (χ0) is 20.2. The SMILES string of the molecule is C=CCn1c(SCC(=O)c2ccc3c(c2)NC(=O)CO3)nnc1C1CCCCC1. The highest BCUT2D eigenvalue weighted by molar-refractivity contribution is 7.99. The van der Waals surface area contributed by atoms with Crippen LogP contribution in [-0.2, 0) is 11.3 Å². The van der Waals surface area contributed by atoms with Crippen molar-refractivity contribution < 1.29 is 14.3 Å². The number of fused-ring (bicyclic) bond motifs is 1. The number of nitrogens with zero attached hydrogens (tertiary/aromatic N) is 3. The summed E-state index contributed by atoms with van der Waals surface area (Å²) in [5.74, 6) is 2.01. The van der Waals surface area contributed by atoms with Crippen LogP contribution >= 0.6 is 11.8 Å². The van der Waals surface area contributed by atoms with E-state index in [1.54, 1.807) is 18.2 Å². The van der Waals surface area contributed by atoms with Gasteiger partial charge in [-0.3, -0.25) is 9.59 Å². The Kier molecular flexibility index (Phi) is 5.99. The van der Waals surface area contributed by atoms with Crippen LogP contribution in [0.1, 0.15) is 54.2 Å². The molecule has 2 aliphatic rings. The molecule has 0 spiro atoms. The van der Waals surface area contributed by atoms with Crippen molar-refractivity contribution in [2.45, 2.75) is 49.7 Å². The predicted octanol–water partition coefficient (Wildman–Crippen LogP) is 3.82. The number of hydrogen-bond acceptors (Lipinski definition) is 6. The van der Waals surface area contributed by atoms with Gasteiger partial charge in [0, 0.05) is 18.0 Å². The van der Waals surface area contributed by atoms with Crippen LogP contribution in [0.5, 0.6) is 5.75 Å². The van der Waals surface area contributed by atoms with E-state index < -0.39 is 0 Å². The summed E-state index contributed by atoms with van der Waals surface area (Å²) >= 11 is 1.39. The van der Waals surface area contributed by atoms with Crippen molar-refractivity contribution in [3.05, 3.63) is 42.2 Å². The topological polar surface area (TPSA) is 86.1 Å². The van der Waals surface area contributed by atoms with Crippen molar-refractivity contribution in [2.24, 2.45) is 0 Å². The summed E-state index contributed by atoms with van der Waals surface area (Å²) < 4.78 is 7.43. The minimum absolute atomic E-state index is 0.00155. The lowest BCUT2D eigenvalue weighted by Crippen LogP contribution is -2.25. The third-order valence-electron chi connectivity index (χ3n) is 5.29. The second-order valence-electron chi connectivity index (χ2n) is 7.33. The van der Waals surface area contributed by atoms with E-state index in [0.29, 0.717) is 29.5 Å². The molecule has 2 heterocycles. The van der Waals surface area contributed by atoms with Crippen LogP contribution in [0.2, 0.25) is 0 Å². The first-order chi connectivity index (χ1) is 14.2. The lowest BCUT2D eigenvalue weighted by atomic mass is 9.89. The Bertz CT molecular complexity index is 934. The van der Waals surface area contributed by atoms with Crippen LogP contribution in [0.4, 0.5) is 5.69 Å². The first-order valence-electron chi connectivity index (χ1n) is 9.92. The molecule has 1 N–H and O–H groups in total. The number of carbonyl (C=O) groups excluding carboxylic acids is 2. The van der Waals surface area contributed by atoms with E-state index in [-0.39, 0.29) is 24.1 Å². The molecule has 1 aliphatic heterocycles. The molecule has 0 saturated heterocycles. The summed E-state index contributed by atoms with van der Waals surface area (Å²) in [6.07, 6.45) is 7.86. The summed E-state index contributed by atoms with van der Waals surface area (Å²) in [6, 6.07) is 5.10. The highest BCUT2D eigenvalue weighted by atomic mass is 32.2. The van der Waals surface area contributed by atoms with Crippen LogP contribution in [-0.4, -0.2) is 38.8 Å². The number of Topliss-reactive ketones (excluding diaryl/α,β-unsaturated/α-hetero) is 1. The Morgan fingerprint density at radius 2 is 2.14 bits per heavy atom. The summed E-state index contributed by atoms with van der Waals surface area (Å²) in [4.78, 5) is 24.2. The molecule has 0 atom stereocenters. The Morgan fingerprint density at radius 3 is 2.93 bits per heavy atom. The molecule has 1 aliphatic carbocycles. The van der Waals surface area contributed by atoms with E-state index in [1.165, 1.54) is 31.0 Å². The Hall–Kier alpha value is -2.61. The quantitative estimate of drug-likeness (QED) is 0.423. The normalized spacial score (nSPS) is 16.6. The van der Waals surface area contributed by atoms with Gasteiger partial charge in [0.2, 0.25) is 0 Å². The van der Waals surface area contributed by atoms with Crippen molar-refractivity contribution >= 4 is 29.1 Å². The maximum absolute atomic E-state index is 12.7. The number of rotatable bonds is 7. The van der Waals surface area contributed by atoms with Crippen molar-refractivity contribution in [1.82, 2.24) is 14.8 Å². The van der Waals surface area contributed by atoms with Crippen LogP contribution in [0.3, 0.4) is 0 Å². The molecule has 4 rings (SSSR count). The molecule has 8 heteroatoms. The number of aromatic nitrogens is 3. The van der Waals surface area contributed by atoms with E-state index in [9.17, 15) is 9.59 Å². The van der Waals surface area contributed by atoms with Crippen molar-refractivity contribution in [2.75, 3.05) is 17.7 Å². The van der Waals surface area contributed by atoms with Crippen LogP contribution in [0.25, 0.3) is 0 Å². The first kappa shape index (κ1) is 19.7. The molecule has 1 fully saturated rings. The van der Waals surface area contributed by atoms with Gasteiger partial charge in [-0.2, -0.15) is 0 Å². The van der Waals surface area contributed by atoms with Gasteiger partial charge in [0.1, 0.15) is 11.6 Å². The van der Waals surface area contributed by atoms with E-state index >= 15 is 0 Å². The third kappa shape index (κ3) is 4.37. The number of ether oxygens (including phenoxy) is 1. The molecule has 1 saturated carbocycles. The zero-order valence-corrected chi connectivity index (χ0v) is 17.0. The van der Waals surface area contributed by atoms with Crippen LogP contribution in [0.15, 0.2) is 36.0 Å². The highest BCUT2D eigenvalue weighted by Crippen LogP contribution is 2.34. The van der Waals surface area contributed by atoms with Crippen molar-refractivity contribution in [3.8, 4) is 5.75 Å². The fraction of sp³-hybridized carbons (Fsp3) is 0.429. The minimum Gasteiger partial charge on any atom is -0.482 e. The van der Waals surface area contributed by atoms with Gasteiger partial charge in [-0.05, 0) is 31.0 Å². The number of amides is 1. The predicted molar refractivity (Wildman–Crippen MR) is 112 cm³/mol. The molecule has 0 radical (unpaired) electrons. The largest absolute Gasteiger partial charge is 0.482 e. The summed E-state index contributed by atoms with van der Waals surface area (Å²) in [5.41, 5.74) is 1.07. The first-order valence-corrected chi connectivity index (χ1v) is 10.9. The standard InChI is InChI=1S/C21H24N4O3S/c1-2-10-25-20(14-6-4-3-5-7-14)23-24-21(25)29-13-17(26)15-8-9-18-16(11-15)22-19(27)12-28-18/h2,8-9,11,14H,1,3-7,10,12-13H2,(H,22,27). The zero-order valence-electron chi connectivity index (χ0n) is 16.2. The molecule has 1 aromatic heterocycles. The molecule has 29 heavy (non-hydrogen) atoms. The Morgan fingerprint density at radius 1 is 1.31 bits per heavy atom. The average Bonchev–Trinajstić information content (AvgIpc) is 3.15. The summed E-state index contributed by atoms with van der Waals surface area (Å²) in [5, 5.41) is 12.3.